The maximum Gasteiger partial charge on any atom is 0.332 e. The molecule has 0 amide bonds. The topological polar surface area (TPSA) is 82.7 Å². The molecular formula is C14H15N5O2S. The van der Waals surface area contributed by atoms with Crippen LogP contribution >= 0.6 is 11.3 Å². The third-order valence-corrected chi connectivity index (χ3v) is 4.66. The van der Waals surface area contributed by atoms with Gasteiger partial charge in [0.2, 0.25) is 0 Å². The highest BCUT2D eigenvalue weighted by atomic mass is 32.1. The molecule has 7 nitrogen and oxygen atoms in total. The van der Waals surface area contributed by atoms with Crippen LogP contribution in [0.25, 0.3) is 11.2 Å². The van der Waals surface area contributed by atoms with Crippen molar-refractivity contribution >= 4 is 22.5 Å². The zero-order valence-electron chi connectivity index (χ0n) is 12.5. The van der Waals surface area contributed by atoms with E-state index in [1.165, 1.54) is 21.5 Å². The number of nitrogens with zero attached hydrogens (tertiary/aromatic N) is 5. The Morgan fingerprint density at radius 3 is 2.59 bits per heavy atom. The molecule has 0 aromatic carbocycles. The van der Waals surface area contributed by atoms with E-state index < -0.39 is 5.56 Å². The van der Waals surface area contributed by atoms with Gasteiger partial charge in [-0.3, -0.25) is 13.9 Å². The summed E-state index contributed by atoms with van der Waals surface area (Å²) in [6.45, 7) is 4.18. The molecule has 0 N–H and O–H groups in total. The van der Waals surface area contributed by atoms with Crippen molar-refractivity contribution < 1.29 is 0 Å². The lowest BCUT2D eigenvalue weighted by Crippen LogP contribution is -2.40. The highest BCUT2D eigenvalue weighted by Gasteiger charge is 2.13. The van der Waals surface area contributed by atoms with Gasteiger partial charge < -0.3 is 0 Å². The second kappa shape index (κ2) is 5.45. The first-order chi connectivity index (χ1) is 10.5. The second-order valence-electron chi connectivity index (χ2n) is 5.02. The van der Waals surface area contributed by atoms with Crippen LogP contribution in [0.5, 0.6) is 0 Å². The summed E-state index contributed by atoms with van der Waals surface area (Å²) in [5.41, 5.74) is 0.690. The van der Waals surface area contributed by atoms with Crippen LogP contribution in [-0.2, 0) is 20.0 Å². The summed E-state index contributed by atoms with van der Waals surface area (Å²) in [6, 6.07) is 0. The summed E-state index contributed by atoms with van der Waals surface area (Å²) in [5, 5.41) is 0.983. The SMILES string of the molecule is Cc1nc(C)c(CCn2c(=O)c3nccnc3n(C)c2=O)s1. The average molecular weight is 317 g/mol. The van der Waals surface area contributed by atoms with Gasteiger partial charge in [0.15, 0.2) is 11.2 Å². The largest absolute Gasteiger partial charge is 0.332 e. The molecule has 0 fully saturated rings. The summed E-state index contributed by atoms with van der Waals surface area (Å²) in [4.78, 5) is 38.4. The Balaban J connectivity index is 2.06. The first kappa shape index (κ1) is 14.6. The molecule has 114 valence electrons. The van der Waals surface area contributed by atoms with E-state index in [0.29, 0.717) is 18.6 Å². The Morgan fingerprint density at radius 2 is 1.91 bits per heavy atom. The van der Waals surface area contributed by atoms with Crippen LogP contribution in [0.2, 0.25) is 0 Å². The Labute approximate surface area is 129 Å². The fourth-order valence-corrected chi connectivity index (χ4v) is 3.36. The van der Waals surface area contributed by atoms with Gasteiger partial charge in [-0.25, -0.2) is 19.7 Å². The zero-order valence-corrected chi connectivity index (χ0v) is 13.3. The molecule has 3 aromatic rings. The van der Waals surface area contributed by atoms with E-state index in [9.17, 15) is 9.59 Å². The van der Waals surface area contributed by atoms with Gasteiger partial charge in [-0.15, -0.1) is 11.3 Å². The van der Waals surface area contributed by atoms with Gasteiger partial charge in [-0.05, 0) is 13.8 Å². The van der Waals surface area contributed by atoms with Gasteiger partial charge >= 0.3 is 5.69 Å². The van der Waals surface area contributed by atoms with Crippen molar-refractivity contribution in [3.05, 3.63) is 48.8 Å². The molecule has 3 aromatic heterocycles. The predicted octanol–water partition coefficient (Wildman–Crippen LogP) is 0.806. The minimum Gasteiger partial charge on any atom is -0.279 e. The average Bonchev–Trinajstić information content (AvgIpc) is 2.83. The molecule has 3 heterocycles. The number of hydrogen-bond donors (Lipinski definition) is 0. The molecule has 0 aliphatic rings. The van der Waals surface area contributed by atoms with Crippen molar-refractivity contribution in [2.75, 3.05) is 0 Å². The van der Waals surface area contributed by atoms with Crippen LogP contribution in [0.1, 0.15) is 15.6 Å². The van der Waals surface area contributed by atoms with Gasteiger partial charge in [-0.2, -0.15) is 0 Å². The van der Waals surface area contributed by atoms with Crippen molar-refractivity contribution in [2.45, 2.75) is 26.8 Å². The van der Waals surface area contributed by atoms with E-state index in [1.54, 1.807) is 18.4 Å². The smallest absolute Gasteiger partial charge is 0.279 e. The zero-order chi connectivity index (χ0) is 15.9. The molecule has 0 radical (unpaired) electrons. The van der Waals surface area contributed by atoms with Gasteiger partial charge in [0.25, 0.3) is 5.56 Å². The molecule has 0 unspecified atom stereocenters. The van der Waals surface area contributed by atoms with Crippen LogP contribution in [0.4, 0.5) is 0 Å². The molecule has 0 bridgehead atoms. The number of thiazole rings is 1. The highest BCUT2D eigenvalue weighted by molar-refractivity contribution is 7.11. The lowest BCUT2D eigenvalue weighted by molar-refractivity contribution is 0.602. The fraction of sp³-hybridized carbons (Fsp3) is 0.357. The minimum absolute atomic E-state index is 0.210. The standard InChI is InChI=1S/C14H15N5O2S/c1-8-10(22-9(2)17-8)4-7-19-13(20)11-12(16-6-5-15-11)18(3)14(19)21/h5-6H,4,7H2,1-3H3. The third-order valence-electron chi connectivity index (χ3n) is 3.52. The van der Waals surface area contributed by atoms with Gasteiger partial charge in [0, 0.05) is 37.3 Å². The van der Waals surface area contributed by atoms with Crippen molar-refractivity contribution in [3.63, 3.8) is 0 Å². The predicted molar refractivity (Wildman–Crippen MR) is 84.3 cm³/mol. The maximum absolute atomic E-state index is 12.4. The van der Waals surface area contributed by atoms with E-state index >= 15 is 0 Å². The van der Waals surface area contributed by atoms with Gasteiger partial charge in [0.05, 0.1) is 10.7 Å². The molecule has 0 atom stereocenters. The third kappa shape index (κ3) is 2.35. The van der Waals surface area contributed by atoms with E-state index in [4.69, 9.17) is 0 Å². The Kier molecular flexibility index (Phi) is 3.61. The number of fused-ring (bicyclic) bond motifs is 1. The highest BCUT2D eigenvalue weighted by Crippen LogP contribution is 2.17. The van der Waals surface area contributed by atoms with E-state index in [1.807, 2.05) is 13.8 Å². The molecule has 0 aliphatic carbocycles. The van der Waals surface area contributed by atoms with Crippen molar-refractivity contribution in [1.29, 1.82) is 0 Å². The first-order valence-electron chi connectivity index (χ1n) is 6.82. The van der Waals surface area contributed by atoms with Crippen molar-refractivity contribution in [1.82, 2.24) is 24.1 Å². The van der Waals surface area contributed by atoms with Crippen LogP contribution in [0.15, 0.2) is 22.0 Å². The Hall–Kier alpha value is -2.35. The van der Waals surface area contributed by atoms with E-state index in [2.05, 4.69) is 15.0 Å². The molecule has 0 saturated heterocycles. The van der Waals surface area contributed by atoms with Crippen LogP contribution in [-0.4, -0.2) is 24.1 Å². The lowest BCUT2D eigenvalue weighted by Gasteiger charge is -2.08. The fourth-order valence-electron chi connectivity index (χ4n) is 2.43. The number of hydrogen-bond acceptors (Lipinski definition) is 6. The van der Waals surface area contributed by atoms with Crippen molar-refractivity contribution in [3.8, 4) is 0 Å². The minimum atomic E-state index is -0.398. The molecule has 3 rings (SSSR count). The molecule has 0 saturated carbocycles. The van der Waals surface area contributed by atoms with Gasteiger partial charge in [-0.1, -0.05) is 0 Å². The summed E-state index contributed by atoms with van der Waals surface area (Å²) in [6.07, 6.45) is 3.52. The number of aromatic nitrogens is 5. The first-order valence-corrected chi connectivity index (χ1v) is 7.64. The maximum atomic E-state index is 12.4. The quantitative estimate of drug-likeness (QED) is 0.714. The molecule has 0 spiro atoms. The Bertz CT molecular complexity index is 970. The van der Waals surface area contributed by atoms with Crippen LogP contribution < -0.4 is 11.2 Å². The Morgan fingerprint density at radius 1 is 1.18 bits per heavy atom. The monoisotopic (exact) mass is 317 g/mol. The second-order valence-corrected chi connectivity index (χ2v) is 6.31. The molecule has 8 heteroatoms. The summed E-state index contributed by atoms with van der Waals surface area (Å²) >= 11 is 1.59. The summed E-state index contributed by atoms with van der Waals surface area (Å²) in [7, 11) is 1.59. The molecular weight excluding hydrogens is 302 g/mol. The summed E-state index contributed by atoms with van der Waals surface area (Å²) < 4.78 is 2.57. The lowest BCUT2D eigenvalue weighted by atomic mass is 10.3. The van der Waals surface area contributed by atoms with Crippen LogP contribution in [0, 0.1) is 13.8 Å². The van der Waals surface area contributed by atoms with Gasteiger partial charge in [0.1, 0.15) is 0 Å². The number of rotatable bonds is 3. The normalized spacial score (nSPS) is 11.2. The number of aryl methyl sites for hydroxylation is 4. The summed E-state index contributed by atoms with van der Waals surface area (Å²) in [5.74, 6) is 0. The molecule has 0 aliphatic heterocycles. The van der Waals surface area contributed by atoms with E-state index in [0.717, 1.165) is 15.6 Å². The van der Waals surface area contributed by atoms with E-state index in [-0.39, 0.29) is 11.2 Å². The molecule has 22 heavy (non-hydrogen) atoms. The van der Waals surface area contributed by atoms with Crippen LogP contribution in [0.3, 0.4) is 0 Å². The van der Waals surface area contributed by atoms with Crippen molar-refractivity contribution in [2.24, 2.45) is 7.05 Å².